The summed E-state index contributed by atoms with van der Waals surface area (Å²) in [5.41, 5.74) is -0.146. The molecule has 8 heteroatoms. The van der Waals surface area contributed by atoms with E-state index < -0.39 is 11.7 Å². The smallest absolute Gasteiger partial charge is 0.423 e. The highest BCUT2D eigenvalue weighted by Crippen LogP contribution is 2.38. The number of rotatable bonds is 5. The lowest BCUT2D eigenvalue weighted by molar-refractivity contribution is -0.139. The highest BCUT2D eigenvalue weighted by molar-refractivity contribution is 9.10. The molecule has 0 N–H and O–H groups in total. The van der Waals surface area contributed by atoms with Gasteiger partial charge in [0.2, 0.25) is 11.8 Å². The van der Waals surface area contributed by atoms with Gasteiger partial charge in [-0.25, -0.2) is 4.98 Å². The van der Waals surface area contributed by atoms with Gasteiger partial charge in [-0.3, -0.25) is 0 Å². The van der Waals surface area contributed by atoms with Crippen molar-refractivity contribution < 1.29 is 17.9 Å². The van der Waals surface area contributed by atoms with E-state index >= 15 is 0 Å². The van der Waals surface area contributed by atoms with Crippen LogP contribution >= 0.6 is 15.9 Å². The lowest BCUT2D eigenvalue weighted by Crippen LogP contribution is -2.22. The zero-order chi connectivity index (χ0) is 18.7. The first-order chi connectivity index (χ1) is 12.4. The maximum absolute atomic E-state index is 13.3. The third-order valence-electron chi connectivity index (χ3n) is 4.30. The van der Waals surface area contributed by atoms with Crippen molar-refractivity contribution in [1.29, 1.82) is 0 Å². The fourth-order valence-corrected chi connectivity index (χ4v) is 3.41. The van der Waals surface area contributed by atoms with Crippen LogP contribution in [0.25, 0.3) is 0 Å². The van der Waals surface area contributed by atoms with Crippen molar-refractivity contribution in [2.24, 2.45) is 0 Å². The minimum absolute atomic E-state index is 0.187. The maximum atomic E-state index is 13.3. The van der Waals surface area contributed by atoms with Crippen LogP contribution in [0.1, 0.15) is 38.2 Å². The van der Waals surface area contributed by atoms with Gasteiger partial charge in [-0.15, -0.1) is 0 Å². The second-order valence-corrected chi connectivity index (χ2v) is 7.05. The Bertz CT molecular complexity index is 764. The first kappa shape index (κ1) is 18.9. The zero-order valence-corrected chi connectivity index (χ0v) is 15.8. The predicted molar refractivity (Wildman–Crippen MR) is 96.7 cm³/mol. The predicted octanol–water partition coefficient (Wildman–Crippen LogP) is 5.74. The van der Waals surface area contributed by atoms with Crippen molar-refractivity contribution in [3.8, 4) is 5.88 Å². The number of alkyl halides is 3. The average Bonchev–Trinajstić information content (AvgIpc) is 3.08. The van der Waals surface area contributed by atoms with Gasteiger partial charge in [0.1, 0.15) is 11.7 Å². The fourth-order valence-electron chi connectivity index (χ4n) is 3.02. The molecule has 140 valence electrons. The third kappa shape index (κ3) is 4.28. The van der Waals surface area contributed by atoms with E-state index in [0.717, 1.165) is 42.0 Å². The molecular formula is C18H19BrF3N3O. The van der Waals surface area contributed by atoms with E-state index in [1.54, 1.807) is 4.90 Å². The SMILES string of the molecule is CCN(c1cccc(Br)c1)c1ncc(C(F)(F)F)c(OC2CCCC2)n1. The molecule has 1 aromatic heterocycles. The largest absolute Gasteiger partial charge is 0.474 e. The van der Waals surface area contributed by atoms with E-state index in [1.807, 2.05) is 31.2 Å². The van der Waals surface area contributed by atoms with Gasteiger partial charge < -0.3 is 9.64 Å². The molecule has 0 radical (unpaired) electrons. The third-order valence-corrected chi connectivity index (χ3v) is 4.80. The second-order valence-electron chi connectivity index (χ2n) is 6.14. The molecule has 0 aliphatic heterocycles. The van der Waals surface area contributed by atoms with Gasteiger partial charge in [0.25, 0.3) is 0 Å². The molecule has 1 aliphatic carbocycles. The minimum Gasteiger partial charge on any atom is -0.474 e. The van der Waals surface area contributed by atoms with Gasteiger partial charge in [0.05, 0.1) is 0 Å². The highest BCUT2D eigenvalue weighted by atomic mass is 79.9. The molecule has 3 rings (SSSR count). The molecule has 0 amide bonds. The number of anilines is 2. The Labute approximate surface area is 158 Å². The molecule has 1 fully saturated rings. The highest BCUT2D eigenvalue weighted by Gasteiger charge is 2.37. The standard InChI is InChI=1S/C18H19BrF3N3O/c1-2-25(13-7-5-6-12(19)10-13)17-23-11-15(18(20,21)22)16(24-17)26-14-8-3-4-9-14/h5-7,10-11,14H,2-4,8-9H2,1H3. The zero-order valence-electron chi connectivity index (χ0n) is 14.3. The van der Waals surface area contributed by atoms with Gasteiger partial charge >= 0.3 is 6.18 Å². The normalized spacial score (nSPS) is 15.3. The molecule has 0 unspecified atom stereocenters. The summed E-state index contributed by atoms with van der Waals surface area (Å²) in [4.78, 5) is 9.84. The quantitative estimate of drug-likeness (QED) is 0.607. The van der Waals surface area contributed by atoms with Crippen LogP contribution in [0.2, 0.25) is 0 Å². The number of hydrogen-bond acceptors (Lipinski definition) is 4. The van der Waals surface area contributed by atoms with Crippen LogP contribution in [0.5, 0.6) is 5.88 Å². The van der Waals surface area contributed by atoms with E-state index in [0.29, 0.717) is 6.54 Å². The van der Waals surface area contributed by atoms with Crippen LogP contribution in [0.4, 0.5) is 24.8 Å². The van der Waals surface area contributed by atoms with Crippen molar-refractivity contribution in [3.63, 3.8) is 0 Å². The maximum Gasteiger partial charge on any atom is 0.423 e. The van der Waals surface area contributed by atoms with Crippen molar-refractivity contribution >= 4 is 27.6 Å². The van der Waals surface area contributed by atoms with Gasteiger partial charge in [-0.05, 0) is 50.8 Å². The fraction of sp³-hybridized carbons (Fsp3) is 0.444. The first-order valence-corrected chi connectivity index (χ1v) is 9.31. The van der Waals surface area contributed by atoms with E-state index in [9.17, 15) is 13.2 Å². The molecule has 2 aromatic rings. The summed E-state index contributed by atoms with van der Waals surface area (Å²) in [5.74, 6) is -0.200. The molecule has 4 nitrogen and oxygen atoms in total. The molecule has 0 atom stereocenters. The van der Waals surface area contributed by atoms with E-state index in [4.69, 9.17) is 4.74 Å². The summed E-state index contributed by atoms with van der Waals surface area (Å²) >= 11 is 3.40. The topological polar surface area (TPSA) is 38.2 Å². The Morgan fingerprint density at radius 3 is 2.62 bits per heavy atom. The first-order valence-electron chi connectivity index (χ1n) is 8.52. The summed E-state index contributed by atoms with van der Waals surface area (Å²) in [5, 5.41) is 0. The van der Waals surface area contributed by atoms with Crippen molar-refractivity contribution in [3.05, 3.63) is 40.5 Å². The van der Waals surface area contributed by atoms with Gasteiger partial charge in [-0.1, -0.05) is 22.0 Å². The Hall–Kier alpha value is -1.83. The van der Waals surface area contributed by atoms with Crippen LogP contribution in [-0.2, 0) is 6.18 Å². The molecule has 0 bridgehead atoms. The van der Waals surface area contributed by atoms with Crippen LogP contribution in [-0.4, -0.2) is 22.6 Å². The molecule has 1 saturated carbocycles. The van der Waals surface area contributed by atoms with Crippen molar-refractivity contribution in [1.82, 2.24) is 9.97 Å². The Balaban J connectivity index is 1.98. The number of halogens is 4. The molecule has 1 aliphatic rings. The van der Waals surface area contributed by atoms with Gasteiger partial charge in [0.15, 0.2) is 0 Å². The summed E-state index contributed by atoms with van der Waals surface area (Å²) in [7, 11) is 0. The molecule has 26 heavy (non-hydrogen) atoms. The van der Waals surface area contributed by atoms with E-state index in [-0.39, 0.29) is 17.9 Å². The monoisotopic (exact) mass is 429 g/mol. The Kier molecular flexibility index (Phi) is 5.70. The number of ether oxygens (including phenoxy) is 1. The van der Waals surface area contributed by atoms with E-state index in [2.05, 4.69) is 25.9 Å². The van der Waals surface area contributed by atoms with E-state index in [1.165, 1.54) is 0 Å². The molecule has 1 aromatic carbocycles. The van der Waals surface area contributed by atoms with Crippen LogP contribution in [0, 0.1) is 0 Å². The second kappa shape index (κ2) is 7.82. The summed E-state index contributed by atoms with van der Waals surface area (Å²) in [6.07, 6.45) is -0.544. The van der Waals surface area contributed by atoms with Gasteiger partial charge in [0, 0.05) is 22.9 Å². The number of benzene rings is 1. The Morgan fingerprint density at radius 2 is 2.00 bits per heavy atom. The minimum atomic E-state index is -4.56. The Morgan fingerprint density at radius 1 is 1.27 bits per heavy atom. The van der Waals surface area contributed by atoms with Gasteiger partial charge in [-0.2, -0.15) is 18.2 Å². The van der Waals surface area contributed by atoms with Crippen molar-refractivity contribution in [2.45, 2.75) is 44.9 Å². The van der Waals surface area contributed by atoms with Crippen LogP contribution in [0.15, 0.2) is 34.9 Å². The lowest BCUT2D eigenvalue weighted by Gasteiger charge is -2.23. The summed E-state index contributed by atoms with van der Waals surface area (Å²) < 4.78 is 46.5. The number of aromatic nitrogens is 2. The lowest BCUT2D eigenvalue weighted by atomic mass is 10.2. The van der Waals surface area contributed by atoms with Crippen LogP contribution < -0.4 is 9.64 Å². The van der Waals surface area contributed by atoms with Crippen molar-refractivity contribution in [2.75, 3.05) is 11.4 Å². The molecule has 0 spiro atoms. The number of hydrogen-bond donors (Lipinski definition) is 0. The summed E-state index contributed by atoms with van der Waals surface area (Å²) in [6, 6.07) is 7.44. The molecule has 1 heterocycles. The van der Waals surface area contributed by atoms with Crippen LogP contribution in [0.3, 0.4) is 0 Å². The average molecular weight is 430 g/mol. The summed E-state index contributed by atoms with van der Waals surface area (Å²) in [6.45, 7) is 2.39. The number of nitrogens with zero attached hydrogens (tertiary/aromatic N) is 3. The molecule has 0 saturated heterocycles. The molecular weight excluding hydrogens is 411 g/mol.